The summed E-state index contributed by atoms with van der Waals surface area (Å²) in [6.45, 7) is 3.57. The lowest BCUT2D eigenvalue weighted by Gasteiger charge is -2.12. The molecule has 0 saturated heterocycles. The van der Waals surface area contributed by atoms with Crippen molar-refractivity contribution in [1.82, 2.24) is 10.6 Å². The first kappa shape index (κ1) is 24.8. The topological polar surface area (TPSA) is 88.7 Å². The van der Waals surface area contributed by atoms with Crippen LogP contribution in [0.15, 0.2) is 46.9 Å². The number of halogens is 1. The molecular weight excluding hydrogens is 482 g/mol. The molecule has 0 atom stereocenters. The Morgan fingerprint density at radius 2 is 1.84 bits per heavy atom. The van der Waals surface area contributed by atoms with Gasteiger partial charge in [-0.05, 0) is 71.0 Å². The van der Waals surface area contributed by atoms with E-state index in [2.05, 4.69) is 38.8 Å². The number of thiocarbonyl (C=S) groups is 1. The van der Waals surface area contributed by atoms with Gasteiger partial charge in [0.25, 0.3) is 11.8 Å². The number of rotatable bonds is 10. The van der Waals surface area contributed by atoms with E-state index in [-0.39, 0.29) is 16.9 Å². The monoisotopic (exact) mass is 507 g/mol. The van der Waals surface area contributed by atoms with Crippen LogP contribution in [-0.2, 0) is 4.74 Å². The zero-order valence-corrected chi connectivity index (χ0v) is 19.9. The highest BCUT2D eigenvalue weighted by Crippen LogP contribution is 2.26. The Morgan fingerprint density at radius 1 is 1.06 bits per heavy atom. The molecule has 0 heterocycles. The van der Waals surface area contributed by atoms with E-state index in [1.54, 1.807) is 49.6 Å². The molecule has 2 rings (SSSR count). The van der Waals surface area contributed by atoms with Crippen LogP contribution < -0.4 is 20.7 Å². The predicted octanol–water partition coefficient (Wildman–Crippen LogP) is 4.13. The van der Waals surface area contributed by atoms with E-state index in [0.717, 1.165) is 12.8 Å². The number of ether oxygens (including phenoxy) is 2. The van der Waals surface area contributed by atoms with Gasteiger partial charge < -0.3 is 20.1 Å². The number of amides is 2. The van der Waals surface area contributed by atoms with Crippen molar-refractivity contribution >= 4 is 50.8 Å². The molecule has 0 saturated carbocycles. The third-order valence-electron chi connectivity index (χ3n) is 4.15. The molecule has 0 bridgehead atoms. The van der Waals surface area contributed by atoms with Crippen LogP contribution in [0.25, 0.3) is 0 Å². The highest BCUT2D eigenvalue weighted by molar-refractivity contribution is 9.10. The van der Waals surface area contributed by atoms with Gasteiger partial charge in [0.15, 0.2) is 5.11 Å². The van der Waals surface area contributed by atoms with Gasteiger partial charge in [-0.25, -0.2) is 0 Å². The fraction of sp³-hybridized carbons (Fsp3) is 0.318. The summed E-state index contributed by atoms with van der Waals surface area (Å²) in [5, 5.41) is 8.44. The normalized spacial score (nSPS) is 10.3. The van der Waals surface area contributed by atoms with Gasteiger partial charge in [0.05, 0.1) is 17.7 Å². The maximum absolute atomic E-state index is 12.5. The van der Waals surface area contributed by atoms with Crippen LogP contribution >= 0.6 is 28.1 Å². The number of methoxy groups -OCH3 is 1. The largest absolute Gasteiger partial charge is 0.492 e. The maximum atomic E-state index is 12.5. The van der Waals surface area contributed by atoms with Gasteiger partial charge in [0.1, 0.15) is 5.75 Å². The molecule has 31 heavy (non-hydrogen) atoms. The van der Waals surface area contributed by atoms with Crippen LogP contribution in [0.3, 0.4) is 0 Å². The van der Waals surface area contributed by atoms with Crippen LogP contribution in [0.5, 0.6) is 5.75 Å². The number of unbranched alkanes of at least 4 members (excludes halogenated alkanes) is 1. The summed E-state index contributed by atoms with van der Waals surface area (Å²) in [7, 11) is 1.57. The third-order valence-corrected chi connectivity index (χ3v) is 4.97. The molecular formula is C22H26BrN3O4S. The van der Waals surface area contributed by atoms with Gasteiger partial charge in [-0.15, -0.1) is 0 Å². The Balaban J connectivity index is 1.93. The molecule has 2 amide bonds. The molecule has 0 fully saturated rings. The first-order valence-electron chi connectivity index (χ1n) is 9.86. The summed E-state index contributed by atoms with van der Waals surface area (Å²) in [4.78, 5) is 24.7. The minimum absolute atomic E-state index is 0.126. The molecule has 0 radical (unpaired) electrons. The molecule has 3 N–H and O–H groups in total. The summed E-state index contributed by atoms with van der Waals surface area (Å²) in [6.07, 6.45) is 2.01. The van der Waals surface area contributed by atoms with Gasteiger partial charge in [-0.3, -0.25) is 14.9 Å². The highest BCUT2D eigenvalue weighted by atomic mass is 79.9. The smallest absolute Gasteiger partial charge is 0.257 e. The second kappa shape index (κ2) is 13.0. The highest BCUT2D eigenvalue weighted by Gasteiger charge is 2.12. The van der Waals surface area contributed by atoms with Gasteiger partial charge in [0.2, 0.25) is 0 Å². The average Bonchev–Trinajstić information content (AvgIpc) is 2.75. The second-order valence-electron chi connectivity index (χ2n) is 6.58. The van der Waals surface area contributed by atoms with Gasteiger partial charge in [-0.2, -0.15) is 0 Å². The Bertz CT molecular complexity index is 923. The lowest BCUT2D eigenvalue weighted by Crippen LogP contribution is -2.34. The van der Waals surface area contributed by atoms with Gasteiger partial charge in [-0.1, -0.05) is 19.4 Å². The SMILES string of the molecule is CCCCOc1ccc(C(=O)NC(=S)Nc2cccc(C(=O)NCCOC)c2)cc1Br. The lowest BCUT2D eigenvalue weighted by atomic mass is 10.2. The molecule has 166 valence electrons. The number of carbonyl (C=O) groups excluding carboxylic acids is 2. The van der Waals surface area contributed by atoms with Crippen LogP contribution in [-0.4, -0.2) is 43.8 Å². The van der Waals surface area contributed by atoms with Crippen molar-refractivity contribution in [2.75, 3.05) is 32.2 Å². The molecule has 0 aliphatic carbocycles. The fourth-order valence-corrected chi connectivity index (χ4v) is 3.23. The molecule has 0 unspecified atom stereocenters. The maximum Gasteiger partial charge on any atom is 0.257 e. The van der Waals surface area contributed by atoms with Crippen LogP contribution in [0.1, 0.15) is 40.5 Å². The molecule has 0 aromatic heterocycles. The minimum atomic E-state index is -0.355. The third kappa shape index (κ3) is 8.28. The molecule has 2 aromatic carbocycles. The van der Waals surface area contributed by atoms with E-state index >= 15 is 0 Å². The van der Waals surface area contributed by atoms with Crippen molar-refractivity contribution in [3.05, 3.63) is 58.1 Å². The fourth-order valence-electron chi connectivity index (χ4n) is 2.53. The first-order chi connectivity index (χ1) is 14.9. The van der Waals surface area contributed by atoms with E-state index < -0.39 is 0 Å². The molecule has 9 heteroatoms. The quantitative estimate of drug-likeness (QED) is 0.331. The molecule has 0 spiro atoms. The number of carbonyl (C=O) groups is 2. The number of hydrogen-bond acceptors (Lipinski definition) is 5. The summed E-state index contributed by atoms with van der Waals surface area (Å²) in [5.74, 6) is 0.111. The first-order valence-corrected chi connectivity index (χ1v) is 11.1. The lowest BCUT2D eigenvalue weighted by molar-refractivity contribution is 0.0935. The molecule has 2 aromatic rings. The van der Waals surface area contributed by atoms with Crippen LogP contribution in [0.4, 0.5) is 5.69 Å². The van der Waals surface area contributed by atoms with Crippen molar-refractivity contribution in [2.45, 2.75) is 19.8 Å². The van der Waals surface area contributed by atoms with Crippen molar-refractivity contribution < 1.29 is 19.1 Å². The van der Waals surface area contributed by atoms with Gasteiger partial charge in [0, 0.05) is 30.5 Å². The average molecular weight is 508 g/mol. The van der Waals surface area contributed by atoms with Crippen LogP contribution in [0.2, 0.25) is 0 Å². The Hall–Kier alpha value is -2.49. The summed E-state index contributed by atoms with van der Waals surface area (Å²) < 4.78 is 11.3. The van der Waals surface area contributed by atoms with E-state index in [1.807, 2.05) is 0 Å². The minimum Gasteiger partial charge on any atom is -0.492 e. The number of anilines is 1. The van der Waals surface area contributed by atoms with E-state index in [1.165, 1.54) is 0 Å². The predicted molar refractivity (Wildman–Crippen MR) is 129 cm³/mol. The Labute approximate surface area is 196 Å². The van der Waals surface area contributed by atoms with Crippen molar-refractivity contribution in [2.24, 2.45) is 0 Å². The zero-order chi connectivity index (χ0) is 22.6. The number of benzene rings is 2. The van der Waals surface area contributed by atoms with Crippen molar-refractivity contribution in [3.63, 3.8) is 0 Å². The summed E-state index contributed by atoms with van der Waals surface area (Å²) in [5.41, 5.74) is 1.49. The number of nitrogens with one attached hydrogen (secondary N) is 3. The van der Waals surface area contributed by atoms with Crippen molar-refractivity contribution in [3.8, 4) is 5.75 Å². The van der Waals surface area contributed by atoms with Crippen LogP contribution in [0, 0.1) is 0 Å². The molecule has 0 aliphatic heterocycles. The van der Waals surface area contributed by atoms with Gasteiger partial charge >= 0.3 is 0 Å². The summed E-state index contributed by atoms with van der Waals surface area (Å²) in [6, 6.07) is 11.9. The van der Waals surface area contributed by atoms with E-state index in [9.17, 15) is 9.59 Å². The standard InChI is InChI=1S/C22H26BrN3O4S/c1-3-4-11-30-19-9-8-16(14-18(19)23)21(28)26-22(31)25-17-7-5-6-15(13-17)20(27)24-10-12-29-2/h5-9,13-14H,3-4,10-12H2,1-2H3,(H,24,27)(H2,25,26,28,31). The number of hydrogen-bond donors (Lipinski definition) is 3. The summed E-state index contributed by atoms with van der Waals surface area (Å²) >= 11 is 8.67. The zero-order valence-electron chi connectivity index (χ0n) is 17.5. The molecule has 0 aliphatic rings. The van der Waals surface area contributed by atoms with Crippen molar-refractivity contribution in [1.29, 1.82) is 0 Å². The second-order valence-corrected chi connectivity index (χ2v) is 7.85. The van der Waals surface area contributed by atoms with E-state index in [0.29, 0.717) is 46.8 Å². The Morgan fingerprint density at radius 3 is 2.55 bits per heavy atom. The Kier molecular flexibility index (Phi) is 10.4. The van der Waals surface area contributed by atoms with E-state index in [4.69, 9.17) is 21.7 Å². The molecule has 7 nitrogen and oxygen atoms in total.